The van der Waals surface area contributed by atoms with Crippen molar-refractivity contribution in [2.45, 2.75) is 55.2 Å². The van der Waals surface area contributed by atoms with Gasteiger partial charge in [-0.15, -0.1) is 0 Å². The largest absolute Gasteiger partial charge is 0.430 e. The molecule has 0 atom stereocenters. The fourth-order valence-corrected chi connectivity index (χ4v) is 4.77. The van der Waals surface area contributed by atoms with Crippen molar-refractivity contribution in [1.29, 1.82) is 0 Å². The second-order valence-corrected chi connectivity index (χ2v) is 9.84. The average molecular weight is 499 g/mol. The SMILES string of the molecule is O=C(Cc1cnc(S(=O)(=O)CC2CC2)nc1)NC1=CC=C(C(O)(C(F)(F)F)C(F)(F)F)CC1. The van der Waals surface area contributed by atoms with Crippen molar-refractivity contribution in [3.63, 3.8) is 0 Å². The highest BCUT2D eigenvalue weighted by molar-refractivity contribution is 7.91. The van der Waals surface area contributed by atoms with Crippen LogP contribution in [0.25, 0.3) is 0 Å². The van der Waals surface area contributed by atoms with Crippen LogP contribution in [0.5, 0.6) is 0 Å². The van der Waals surface area contributed by atoms with E-state index in [2.05, 4.69) is 15.3 Å². The van der Waals surface area contributed by atoms with Crippen molar-refractivity contribution in [2.75, 3.05) is 5.75 Å². The van der Waals surface area contributed by atoms with E-state index in [-0.39, 0.29) is 40.9 Å². The normalized spacial score (nSPS) is 17.9. The molecule has 2 aliphatic rings. The minimum absolute atomic E-state index is 0.0473. The van der Waals surface area contributed by atoms with Gasteiger partial charge in [0.15, 0.2) is 0 Å². The monoisotopic (exact) mass is 499 g/mol. The maximum absolute atomic E-state index is 13.0. The first kappa shape index (κ1) is 25.1. The summed E-state index contributed by atoms with van der Waals surface area (Å²) >= 11 is 0. The number of nitrogens with one attached hydrogen (secondary N) is 1. The molecular weight excluding hydrogens is 480 g/mol. The molecule has 0 aromatic carbocycles. The Morgan fingerprint density at radius 1 is 1.03 bits per heavy atom. The first-order chi connectivity index (χ1) is 15.1. The first-order valence-electron chi connectivity index (χ1n) is 9.73. The number of sulfone groups is 1. The molecule has 33 heavy (non-hydrogen) atoms. The van der Waals surface area contributed by atoms with E-state index in [9.17, 15) is 44.7 Å². The maximum Gasteiger partial charge on any atom is 0.430 e. The molecule has 1 fully saturated rings. The molecule has 1 aromatic heterocycles. The summed E-state index contributed by atoms with van der Waals surface area (Å²) in [4.78, 5) is 19.7. The highest BCUT2D eigenvalue weighted by Gasteiger charge is 2.72. The van der Waals surface area contributed by atoms with E-state index in [0.717, 1.165) is 31.3 Å². The van der Waals surface area contributed by atoms with Crippen molar-refractivity contribution in [1.82, 2.24) is 15.3 Å². The van der Waals surface area contributed by atoms with Crippen LogP contribution in [0.1, 0.15) is 31.2 Å². The number of aromatic nitrogens is 2. The zero-order valence-corrected chi connectivity index (χ0v) is 17.7. The van der Waals surface area contributed by atoms with Gasteiger partial charge in [-0.05, 0) is 48.8 Å². The van der Waals surface area contributed by atoms with Crippen LogP contribution in [-0.4, -0.2) is 53.1 Å². The number of allylic oxidation sites excluding steroid dienone is 3. The van der Waals surface area contributed by atoms with Crippen LogP contribution in [0, 0.1) is 5.92 Å². The number of carbonyl (C=O) groups excluding carboxylic acids is 1. The molecule has 2 N–H and O–H groups in total. The molecule has 0 aliphatic heterocycles. The van der Waals surface area contributed by atoms with Crippen LogP contribution < -0.4 is 5.32 Å². The molecular formula is C19H19F6N3O4S. The number of rotatable bonds is 7. The highest BCUT2D eigenvalue weighted by atomic mass is 32.2. The quantitative estimate of drug-likeness (QED) is 0.441. The van der Waals surface area contributed by atoms with E-state index in [1.807, 2.05) is 0 Å². The summed E-state index contributed by atoms with van der Waals surface area (Å²) in [7, 11) is -3.62. The van der Waals surface area contributed by atoms with Gasteiger partial charge in [0.2, 0.25) is 20.9 Å². The molecule has 1 saturated carbocycles. The number of hydrogen-bond acceptors (Lipinski definition) is 6. The second-order valence-electron chi connectivity index (χ2n) is 7.91. The van der Waals surface area contributed by atoms with E-state index in [1.165, 1.54) is 0 Å². The molecule has 0 radical (unpaired) electrons. The number of alkyl halides is 6. The van der Waals surface area contributed by atoms with Gasteiger partial charge in [-0.2, -0.15) is 26.3 Å². The molecule has 7 nitrogen and oxygen atoms in total. The van der Waals surface area contributed by atoms with Gasteiger partial charge in [-0.25, -0.2) is 18.4 Å². The molecule has 0 saturated heterocycles. The van der Waals surface area contributed by atoms with Crippen LogP contribution in [0.15, 0.2) is 41.0 Å². The standard InChI is InChI=1S/C19H19F6N3O4S/c20-18(21,22)17(30,19(23,24)25)13-3-5-14(6-4-13)28-15(29)7-12-8-26-16(27-9-12)33(31,32)10-11-1-2-11/h3,5,8-9,11,30H,1-2,4,6-7,10H2,(H,28,29). The fourth-order valence-electron chi connectivity index (χ4n) is 3.24. The lowest BCUT2D eigenvalue weighted by atomic mass is 9.85. The Hall–Kier alpha value is -2.48. The van der Waals surface area contributed by atoms with E-state index in [0.29, 0.717) is 6.08 Å². The number of aliphatic hydroxyl groups is 1. The van der Waals surface area contributed by atoms with E-state index in [4.69, 9.17) is 0 Å². The Morgan fingerprint density at radius 3 is 2.06 bits per heavy atom. The van der Waals surface area contributed by atoms with Gasteiger partial charge in [0, 0.05) is 18.1 Å². The number of halogens is 6. The zero-order valence-electron chi connectivity index (χ0n) is 16.9. The molecule has 0 spiro atoms. The summed E-state index contributed by atoms with van der Waals surface area (Å²) in [6.07, 6.45) is -8.06. The van der Waals surface area contributed by atoms with Gasteiger partial charge >= 0.3 is 12.4 Å². The summed E-state index contributed by atoms with van der Waals surface area (Å²) in [6, 6.07) is 0. The third-order valence-corrected chi connectivity index (χ3v) is 6.89. The molecule has 1 heterocycles. The third-order valence-electron chi connectivity index (χ3n) is 5.21. The van der Waals surface area contributed by atoms with Crippen molar-refractivity contribution in [3.05, 3.63) is 41.4 Å². The van der Waals surface area contributed by atoms with Crippen LogP contribution in [-0.2, 0) is 21.1 Å². The fraction of sp³-hybridized carbons (Fsp3) is 0.526. The van der Waals surface area contributed by atoms with Crippen LogP contribution in [0.3, 0.4) is 0 Å². The third kappa shape index (κ3) is 5.54. The maximum atomic E-state index is 13.0. The van der Waals surface area contributed by atoms with Gasteiger partial charge in [0.25, 0.3) is 5.60 Å². The first-order valence-corrected chi connectivity index (χ1v) is 11.4. The van der Waals surface area contributed by atoms with Crippen LogP contribution in [0.4, 0.5) is 26.3 Å². The molecule has 2 aliphatic carbocycles. The molecule has 1 aromatic rings. The van der Waals surface area contributed by atoms with E-state index >= 15 is 0 Å². The van der Waals surface area contributed by atoms with Gasteiger partial charge in [0.1, 0.15) is 0 Å². The smallest absolute Gasteiger partial charge is 0.370 e. The van der Waals surface area contributed by atoms with Crippen molar-refractivity contribution in [3.8, 4) is 0 Å². The lowest BCUT2D eigenvalue weighted by molar-refractivity contribution is -0.352. The van der Waals surface area contributed by atoms with E-state index < -0.39 is 45.7 Å². The average Bonchev–Trinajstić information content (AvgIpc) is 3.50. The van der Waals surface area contributed by atoms with Crippen molar-refractivity contribution in [2.24, 2.45) is 5.92 Å². The molecule has 1 amide bonds. The number of carbonyl (C=O) groups is 1. The summed E-state index contributed by atoms with van der Waals surface area (Å²) in [5, 5.41) is 11.4. The lowest BCUT2D eigenvalue weighted by Crippen LogP contribution is -2.58. The Kier molecular flexibility index (Phi) is 6.63. The van der Waals surface area contributed by atoms with Crippen LogP contribution >= 0.6 is 0 Å². The topological polar surface area (TPSA) is 109 Å². The highest BCUT2D eigenvalue weighted by Crippen LogP contribution is 2.49. The Bertz CT molecular complexity index is 1060. The Labute approximate surface area is 184 Å². The number of nitrogens with zero attached hydrogens (tertiary/aromatic N) is 2. The van der Waals surface area contributed by atoms with Crippen molar-refractivity contribution >= 4 is 15.7 Å². The summed E-state index contributed by atoms with van der Waals surface area (Å²) in [5.74, 6) is -0.600. The molecule has 3 rings (SSSR count). The second kappa shape index (κ2) is 8.70. The molecule has 0 unspecified atom stereocenters. The Balaban J connectivity index is 1.64. The Morgan fingerprint density at radius 2 is 1.61 bits per heavy atom. The van der Waals surface area contributed by atoms with Crippen molar-refractivity contribution < 1.29 is 44.7 Å². The van der Waals surface area contributed by atoms with Crippen LogP contribution in [0.2, 0.25) is 0 Å². The predicted octanol–water partition coefficient (Wildman–Crippen LogP) is 2.78. The summed E-state index contributed by atoms with van der Waals surface area (Å²) < 4.78 is 102. The number of hydrogen-bond donors (Lipinski definition) is 2. The molecule has 182 valence electrons. The predicted molar refractivity (Wildman–Crippen MR) is 101 cm³/mol. The molecule has 0 bridgehead atoms. The summed E-state index contributed by atoms with van der Waals surface area (Å²) in [6.45, 7) is 0. The minimum atomic E-state index is -5.97. The zero-order chi connectivity index (χ0) is 24.7. The van der Waals surface area contributed by atoms with E-state index in [1.54, 1.807) is 0 Å². The summed E-state index contributed by atoms with van der Waals surface area (Å²) in [5.41, 5.74) is -5.95. The molecule has 14 heteroatoms. The lowest BCUT2D eigenvalue weighted by Gasteiger charge is -2.35. The van der Waals surface area contributed by atoms with Gasteiger partial charge < -0.3 is 10.4 Å². The van der Waals surface area contributed by atoms with Gasteiger partial charge in [0.05, 0.1) is 12.2 Å². The van der Waals surface area contributed by atoms with Gasteiger partial charge in [-0.3, -0.25) is 4.79 Å². The minimum Gasteiger partial charge on any atom is -0.370 e. The number of amides is 1. The van der Waals surface area contributed by atoms with Gasteiger partial charge in [-0.1, -0.05) is 6.08 Å².